The van der Waals surface area contributed by atoms with E-state index < -0.39 is 5.60 Å². The second-order valence-electron chi connectivity index (χ2n) is 4.63. The summed E-state index contributed by atoms with van der Waals surface area (Å²) in [4.78, 5) is 4.52. The van der Waals surface area contributed by atoms with Gasteiger partial charge in [0.2, 0.25) is 0 Å². The van der Waals surface area contributed by atoms with E-state index >= 15 is 0 Å². The molecule has 2 aromatic rings. The predicted octanol–water partition coefficient (Wildman–Crippen LogP) is 3.31. The molecule has 1 aromatic heterocycles. The van der Waals surface area contributed by atoms with E-state index in [0.717, 1.165) is 21.1 Å². The Morgan fingerprint density at radius 2 is 2.00 bits per heavy atom. The minimum Gasteiger partial charge on any atom is -0.390 e. The Bertz CT molecular complexity index is 517. The fraction of sp³-hybridized carbons (Fsp3) is 0.308. The van der Waals surface area contributed by atoms with Crippen LogP contribution < -0.4 is 0 Å². The van der Waals surface area contributed by atoms with Gasteiger partial charge in [-0.25, -0.2) is 0 Å². The molecule has 0 amide bonds. The molecule has 1 aromatic carbocycles. The van der Waals surface area contributed by atoms with E-state index in [1.807, 2.05) is 30.3 Å². The van der Waals surface area contributed by atoms with Gasteiger partial charge in [0.25, 0.3) is 0 Å². The van der Waals surface area contributed by atoms with Crippen molar-refractivity contribution in [3.63, 3.8) is 0 Å². The maximum Gasteiger partial charge on any atom is 0.0706 e. The van der Waals surface area contributed by atoms with Crippen molar-refractivity contribution in [1.82, 2.24) is 4.98 Å². The molecule has 1 heterocycles. The number of aromatic nitrogens is 1. The molecule has 0 atom stereocenters. The average Bonchev–Trinajstić information content (AvgIpc) is 2.16. The summed E-state index contributed by atoms with van der Waals surface area (Å²) in [5, 5.41) is 10.8. The van der Waals surface area contributed by atoms with Crippen molar-refractivity contribution < 1.29 is 5.11 Å². The van der Waals surface area contributed by atoms with Gasteiger partial charge in [-0.1, -0.05) is 22.0 Å². The first-order valence-electron chi connectivity index (χ1n) is 5.22. The molecule has 84 valence electrons. The summed E-state index contributed by atoms with van der Waals surface area (Å²) in [6.07, 6.45) is 0.568. The van der Waals surface area contributed by atoms with Crippen LogP contribution in [0.3, 0.4) is 0 Å². The molecule has 2 nitrogen and oxygen atoms in total. The van der Waals surface area contributed by atoms with Crippen LogP contribution in [-0.2, 0) is 6.42 Å². The Kier molecular flexibility index (Phi) is 3.00. The SMILES string of the molecule is CC(C)(O)Cc1ccc2cc(Br)ccc2n1. The third-order valence-corrected chi connectivity index (χ3v) is 2.82. The summed E-state index contributed by atoms with van der Waals surface area (Å²) in [6.45, 7) is 3.58. The van der Waals surface area contributed by atoms with Gasteiger partial charge in [0.05, 0.1) is 11.1 Å². The minimum absolute atomic E-state index is 0.568. The van der Waals surface area contributed by atoms with Gasteiger partial charge in [-0.15, -0.1) is 0 Å². The minimum atomic E-state index is -0.712. The third-order valence-electron chi connectivity index (χ3n) is 2.32. The highest BCUT2D eigenvalue weighted by Gasteiger charge is 2.14. The van der Waals surface area contributed by atoms with Crippen LogP contribution in [0.4, 0.5) is 0 Å². The zero-order valence-corrected chi connectivity index (χ0v) is 11.0. The highest BCUT2D eigenvalue weighted by Crippen LogP contribution is 2.20. The highest BCUT2D eigenvalue weighted by atomic mass is 79.9. The van der Waals surface area contributed by atoms with Gasteiger partial charge in [0.1, 0.15) is 0 Å². The predicted molar refractivity (Wildman–Crippen MR) is 69.4 cm³/mol. The van der Waals surface area contributed by atoms with Crippen LogP contribution in [0.15, 0.2) is 34.8 Å². The lowest BCUT2D eigenvalue weighted by molar-refractivity contribution is 0.0800. The Morgan fingerprint density at radius 1 is 1.25 bits per heavy atom. The quantitative estimate of drug-likeness (QED) is 0.915. The van der Waals surface area contributed by atoms with Crippen LogP contribution >= 0.6 is 15.9 Å². The van der Waals surface area contributed by atoms with Crippen molar-refractivity contribution in [3.05, 3.63) is 40.5 Å². The van der Waals surface area contributed by atoms with Gasteiger partial charge in [-0.3, -0.25) is 4.98 Å². The third kappa shape index (κ3) is 2.80. The first-order valence-corrected chi connectivity index (χ1v) is 6.01. The van der Waals surface area contributed by atoms with Crippen molar-refractivity contribution in [2.45, 2.75) is 25.9 Å². The Balaban J connectivity index is 2.41. The zero-order valence-electron chi connectivity index (χ0n) is 9.37. The molecule has 3 heteroatoms. The number of rotatable bonds is 2. The maximum atomic E-state index is 9.74. The number of halogens is 1. The summed E-state index contributed by atoms with van der Waals surface area (Å²) in [5.41, 5.74) is 1.17. The Labute approximate surface area is 103 Å². The summed E-state index contributed by atoms with van der Waals surface area (Å²) >= 11 is 3.43. The van der Waals surface area contributed by atoms with Gasteiger partial charge < -0.3 is 5.11 Å². The van der Waals surface area contributed by atoms with E-state index in [1.54, 1.807) is 13.8 Å². The molecular weight excluding hydrogens is 266 g/mol. The normalized spacial score (nSPS) is 12.0. The first kappa shape index (κ1) is 11.6. The lowest BCUT2D eigenvalue weighted by Crippen LogP contribution is -2.22. The summed E-state index contributed by atoms with van der Waals surface area (Å²) < 4.78 is 1.05. The second-order valence-corrected chi connectivity index (χ2v) is 5.54. The first-order chi connectivity index (χ1) is 7.44. The number of aliphatic hydroxyl groups is 1. The molecule has 0 fully saturated rings. The lowest BCUT2D eigenvalue weighted by Gasteiger charge is -2.16. The molecular formula is C13H14BrNO. The van der Waals surface area contributed by atoms with Crippen molar-refractivity contribution in [2.75, 3.05) is 0 Å². The largest absolute Gasteiger partial charge is 0.390 e. The van der Waals surface area contributed by atoms with Crippen LogP contribution in [0.5, 0.6) is 0 Å². The summed E-state index contributed by atoms with van der Waals surface area (Å²) in [7, 11) is 0. The Hall–Kier alpha value is -0.930. The zero-order chi connectivity index (χ0) is 11.8. The molecule has 0 bridgehead atoms. The van der Waals surface area contributed by atoms with Gasteiger partial charge in [-0.05, 0) is 38.1 Å². The summed E-state index contributed by atoms with van der Waals surface area (Å²) in [5.74, 6) is 0. The Morgan fingerprint density at radius 3 is 2.69 bits per heavy atom. The van der Waals surface area contributed by atoms with E-state index in [0.29, 0.717) is 6.42 Å². The summed E-state index contributed by atoms with van der Waals surface area (Å²) in [6, 6.07) is 9.99. The number of pyridine rings is 1. The number of hydrogen-bond acceptors (Lipinski definition) is 2. The van der Waals surface area contributed by atoms with E-state index in [9.17, 15) is 5.11 Å². The molecule has 1 N–H and O–H groups in total. The van der Waals surface area contributed by atoms with E-state index in [1.165, 1.54) is 0 Å². The highest BCUT2D eigenvalue weighted by molar-refractivity contribution is 9.10. The van der Waals surface area contributed by atoms with Crippen LogP contribution in [0, 0.1) is 0 Å². The van der Waals surface area contributed by atoms with Crippen LogP contribution in [0.25, 0.3) is 10.9 Å². The van der Waals surface area contributed by atoms with E-state index in [2.05, 4.69) is 20.9 Å². The molecule has 0 aliphatic heterocycles. The van der Waals surface area contributed by atoms with E-state index in [4.69, 9.17) is 0 Å². The molecule has 0 aliphatic rings. The van der Waals surface area contributed by atoms with Crippen LogP contribution in [0.2, 0.25) is 0 Å². The molecule has 0 radical (unpaired) electrons. The average molecular weight is 280 g/mol. The molecule has 0 aliphatic carbocycles. The van der Waals surface area contributed by atoms with Gasteiger partial charge in [-0.2, -0.15) is 0 Å². The van der Waals surface area contributed by atoms with Crippen LogP contribution in [-0.4, -0.2) is 15.7 Å². The van der Waals surface area contributed by atoms with Gasteiger partial charge in [0, 0.05) is 22.0 Å². The van der Waals surface area contributed by atoms with E-state index in [-0.39, 0.29) is 0 Å². The van der Waals surface area contributed by atoms with Crippen LogP contribution in [0.1, 0.15) is 19.5 Å². The lowest BCUT2D eigenvalue weighted by atomic mass is 10.0. The van der Waals surface area contributed by atoms with Gasteiger partial charge >= 0.3 is 0 Å². The molecule has 0 saturated carbocycles. The molecule has 0 unspecified atom stereocenters. The van der Waals surface area contributed by atoms with Crippen molar-refractivity contribution in [3.8, 4) is 0 Å². The number of benzene rings is 1. The fourth-order valence-corrected chi connectivity index (χ4v) is 2.06. The number of nitrogens with zero attached hydrogens (tertiary/aromatic N) is 1. The number of hydrogen-bond donors (Lipinski definition) is 1. The topological polar surface area (TPSA) is 33.1 Å². The van der Waals surface area contributed by atoms with Crippen molar-refractivity contribution in [1.29, 1.82) is 0 Å². The molecule has 0 spiro atoms. The molecule has 2 rings (SSSR count). The number of fused-ring (bicyclic) bond motifs is 1. The smallest absolute Gasteiger partial charge is 0.0706 e. The second kappa shape index (κ2) is 4.15. The van der Waals surface area contributed by atoms with Crippen molar-refractivity contribution >= 4 is 26.8 Å². The molecule has 16 heavy (non-hydrogen) atoms. The fourth-order valence-electron chi connectivity index (χ4n) is 1.68. The maximum absolute atomic E-state index is 9.74. The van der Waals surface area contributed by atoms with Crippen molar-refractivity contribution in [2.24, 2.45) is 0 Å². The van der Waals surface area contributed by atoms with Gasteiger partial charge in [0.15, 0.2) is 0 Å². The monoisotopic (exact) mass is 279 g/mol. The molecule has 0 saturated heterocycles. The standard InChI is InChI=1S/C13H14BrNO/c1-13(2,16)8-11-5-3-9-7-10(14)4-6-12(9)15-11/h3-7,16H,8H2,1-2H3.